The first-order valence-corrected chi connectivity index (χ1v) is 7.47. The monoisotopic (exact) mass is 344 g/mol. The summed E-state index contributed by atoms with van der Waals surface area (Å²) in [5.74, 6) is 1.37. The molecule has 2 N–H and O–H groups in total. The molecule has 1 saturated heterocycles. The van der Waals surface area contributed by atoms with Gasteiger partial charge in [-0.25, -0.2) is 9.97 Å². The van der Waals surface area contributed by atoms with Gasteiger partial charge in [0.1, 0.15) is 4.60 Å². The van der Waals surface area contributed by atoms with Gasteiger partial charge in [-0.2, -0.15) is 0 Å². The average molecular weight is 345 g/mol. The lowest BCUT2D eigenvalue weighted by molar-refractivity contribution is -0.117. The molecule has 0 radical (unpaired) electrons. The highest BCUT2D eigenvalue weighted by Crippen LogP contribution is 2.29. The van der Waals surface area contributed by atoms with E-state index in [4.69, 9.17) is 5.73 Å². The molecule has 0 spiro atoms. The summed E-state index contributed by atoms with van der Waals surface area (Å²) in [4.78, 5) is 32.6. The van der Waals surface area contributed by atoms with Crippen LogP contribution in [0, 0.1) is 5.92 Å². The maximum Gasteiger partial charge on any atom is 0.228 e. The van der Waals surface area contributed by atoms with E-state index in [1.54, 1.807) is 4.90 Å². The number of aromatic nitrogens is 2. The molecule has 1 aromatic rings. The number of nitrogens with zero attached hydrogens (tertiary/aromatic N) is 3. The van der Waals surface area contributed by atoms with Crippen LogP contribution in [0.5, 0.6) is 0 Å². The Kier molecular flexibility index (Phi) is 4.41. The number of hydrogen-bond acceptors (Lipinski definition) is 6. The van der Waals surface area contributed by atoms with Crippen molar-refractivity contribution in [2.24, 2.45) is 5.92 Å². The Morgan fingerprint density at radius 1 is 1.68 bits per heavy atom. The minimum absolute atomic E-state index is 0.0301. The number of carbonyl (C=O) groups excluding carboxylic acids is 2. The molecular formula is C11H13BrN4O2S. The Morgan fingerprint density at radius 2 is 2.42 bits per heavy atom. The molecule has 6 nitrogen and oxygen atoms in total. The van der Waals surface area contributed by atoms with Crippen LogP contribution in [-0.2, 0) is 9.59 Å². The third-order valence-corrected chi connectivity index (χ3v) is 4.16. The smallest absolute Gasteiger partial charge is 0.228 e. The lowest BCUT2D eigenvalue weighted by atomic mass is 10.1. The summed E-state index contributed by atoms with van der Waals surface area (Å²) in [6.07, 6.45) is 1.92. The van der Waals surface area contributed by atoms with E-state index in [9.17, 15) is 9.59 Å². The number of anilines is 2. The zero-order valence-corrected chi connectivity index (χ0v) is 12.7. The second kappa shape index (κ2) is 5.87. The Balaban J connectivity index is 2.09. The van der Waals surface area contributed by atoms with E-state index in [0.29, 0.717) is 29.1 Å². The first kappa shape index (κ1) is 14.3. The van der Waals surface area contributed by atoms with E-state index in [2.05, 4.69) is 25.9 Å². The summed E-state index contributed by atoms with van der Waals surface area (Å²) >= 11 is 4.42. The molecule has 102 valence electrons. The molecule has 0 aliphatic carbocycles. The van der Waals surface area contributed by atoms with Crippen LogP contribution < -0.4 is 10.6 Å². The number of hydrogen-bond donors (Lipinski definition) is 1. The fourth-order valence-corrected chi connectivity index (χ4v) is 2.90. The Morgan fingerprint density at radius 3 is 3.05 bits per heavy atom. The zero-order valence-electron chi connectivity index (χ0n) is 10.3. The van der Waals surface area contributed by atoms with Crippen molar-refractivity contribution in [3.63, 3.8) is 0 Å². The standard InChI is InChI=1S/C11H13BrN4O2S/c1-6(17)19-5-7-2-9(18)16(4-7)11-10(13)15-8(12)3-14-11/h3,7H,2,4-5H2,1H3,(H2,13,15). The second-order valence-electron chi connectivity index (χ2n) is 4.28. The fraction of sp³-hybridized carbons (Fsp3) is 0.455. The van der Waals surface area contributed by atoms with Gasteiger partial charge >= 0.3 is 0 Å². The zero-order chi connectivity index (χ0) is 14.0. The van der Waals surface area contributed by atoms with Gasteiger partial charge in [-0.15, -0.1) is 0 Å². The van der Waals surface area contributed by atoms with Gasteiger partial charge in [-0.3, -0.25) is 14.5 Å². The van der Waals surface area contributed by atoms with Crippen molar-refractivity contribution in [1.29, 1.82) is 0 Å². The first-order valence-electron chi connectivity index (χ1n) is 5.69. The normalized spacial score (nSPS) is 18.9. The SMILES string of the molecule is CC(=O)SCC1CC(=O)N(c2ncc(Br)nc2N)C1. The van der Waals surface area contributed by atoms with Gasteiger partial charge in [0, 0.05) is 25.6 Å². The topological polar surface area (TPSA) is 89.2 Å². The summed E-state index contributed by atoms with van der Waals surface area (Å²) in [7, 11) is 0. The highest BCUT2D eigenvalue weighted by molar-refractivity contribution is 9.10. The first-order chi connectivity index (χ1) is 8.97. The van der Waals surface area contributed by atoms with Crippen LogP contribution in [-0.4, -0.2) is 33.3 Å². The minimum atomic E-state index is -0.0301. The predicted octanol–water partition coefficient (Wildman–Crippen LogP) is 1.45. The van der Waals surface area contributed by atoms with Crippen molar-refractivity contribution in [2.45, 2.75) is 13.3 Å². The van der Waals surface area contributed by atoms with Crippen LogP contribution in [0.1, 0.15) is 13.3 Å². The minimum Gasteiger partial charge on any atom is -0.381 e. The molecule has 8 heteroatoms. The summed E-state index contributed by atoms with van der Waals surface area (Å²) in [6.45, 7) is 2.05. The van der Waals surface area contributed by atoms with Crippen molar-refractivity contribution in [3.05, 3.63) is 10.8 Å². The van der Waals surface area contributed by atoms with Crippen molar-refractivity contribution in [1.82, 2.24) is 9.97 Å². The molecule has 2 heterocycles. The number of amides is 1. The molecule has 2 rings (SSSR count). The summed E-state index contributed by atoms with van der Waals surface area (Å²) in [5, 5.41) is 0.0637. The van der Waals surface area contributed by atoms with Gasteiger partial charge in [0.25, 0.3) is 0 Å². The van der Waals surface area contributed by atoms with Crippen LogP contribution in [0.4, 0.5) is 11.6 Å². The molecule has 1 unspecified atom stereocenters. The van der Waals surface area contributed by atoms with Crippen molar-refractivity contribution < 1.29 is 9.59 Å². The van der Waals surface area contributed by atoms with E-state index < -0.39 is 0 Å². The van der Waals surface area contributed by atoms with Crippen molar-refractivity contribution >= 4 is 50.4 Å². The second-order valence-corrected chi connectivity index (χ2v) is 6.29. The molecule has 1 amide bonds. The average Bonchev–Trinajstić information content (AvgIpc) is 2.68. The van der Waals surface area contributed by atoms with Crippen LogP contribution in [0.2, 0.25) is 0 Å². The Labute approximate surface area is 123 Å². The van der Waals surface area contributed by atoms with Gasteiger partial charge in [-0.1, -0.05) is 11.8 Å². The molecule has 1 aliphatic heterocycles. The molecule has 0 aromatic carbocycles. The van der Waals surface area contributed by atoms with Gasteiger partial charge in [-0.05, 0) is 21.8 Å². The third kappa shape index (κ3) is 3.44. The maximum atomic E-state index is 12.0. The fourth-order valence-electron chi connectivity index (χ4n) is 1.92. The van der Waals surface area contributed by atoms with E-state index in [-0.39, 0.29) is 22.8 Å². The summed E-state index contributed by atoms with van der Waals surface area (Å²) < 4.78 is 0.532. The number of halogens is 1. The summed E-state index contributed by atoms with van der Waals surface area (Å²) in [6, 6.07) is 0. The third-order valence-electron chi connectivity index (χ3n) is 2.73. The highest BCUT2D eigenvalue weighted by atomic mass is 79.9. The van der Waals surface area contributed by atoms with Gasteiger partial charge in [0.15, 0.2) is 16.8 Å². The van der Waals surface area contributed by atoms with E-state index in [1.165, 1.54) is 24.9 Å². The molecule has 1 atom stereocenters. The maximum absolute atomic E-state index is 12.0. The van der Waals surface area contributed by atoms with Gasteiger partial charge < -0.3 is 5.73 Å². The van der Waals surface area contributed by atoms with Crippen LogP contribution in [0.15, 0.2) is 10.8 Å². The highest BCUT2D eigenvalue weighted by Gasteiger charge is 2.32. The quantitative estimate of drug-likeness (QED) is 0.892. The predicted molar refractivity (Wildman–Crippen MR) is 77.7 cm³/mol. The van der Waals surface area contributed by atoms with Gasteiger partial charge in [0.2, 0.25) is 5.91 Å². The van der Waals surface area contributed by atoms with E-state index in [1.807, 2.05) is 0 Å². The van der Waals surface area contributed by atoms with Crippen molar-refractivity contribution in [3.8, 4) is 0 Å². The van der Waals surface area contributed by atoms with E-state index >= 15 is 0 Å². The lowest BCUT2D eigenvalue weighted by Gasteiger charge is -2.16. The largest absolute Gasteiger partial charge is 0.381 e. The molecule has 1 aliphatic rings. The molecule has 0 bridgehead atoms. The molecule has 19 heavy (non-hydrogen) atoms. The van der Waals surface area contributed by atoms with Crippen LogP contribution in [0.25, 0.3) is 0 Å². The number of nitrogens with two attached hydrogens (primary N) is 1. The van der Waals surface area contributed by atoms with Crippen LogP contribution >= 0.6 is 27.7 Å². The molecule has 1 aromatic heterocycles. The Hall–Kier alpha value is -1.15. The number of rotatable bonds is 3. The van der Waals surface area contributed by atoms with Crippen LogP contribution in [0.3, 0.4) is 0 Å². The van der Waals surface area contributed by atoms with Gasteiger partial charge in [0.05, 0.1) is 6.20 Å². The number of carbonyl (C=O) groups is 2. The molecular weight excluding hydrogens is 332 g/mol. The summed E-state index contributed by atoms with van der Waals surface area (Å²) in [5.41, 5.74) is 5.77. The molecule has 1 fully saturated rings. The number of nitrogen functional groups attached to an aromatic ring is 1. The molecule has 0 saturated carbocycles. The number of thioether (sulfide) groups is 1. The van der Waals surface area contributed by atoms with E-state index in [0.717, 1.165) is 0 Å². The van der Waals surface area contributed by atoms with Crippen molar-refractivity contribution in [2.75, 3.05) is 22.9 Å². The lowest BCUT2D eigenvalue weighted by Crippen LogP contribution is -2.27. The Bertz CT molecular complexity index is 525.